The first-order valence-electron chi connectivity index (χ1n) is 9.53. The van der Waals surface area contributed by atoms with Crippen molar-refractivity contribution in [1.29, 1.82) is 0 Å². The molecule has 29 heavy (non-hydrogen) atoms. The van der Waals surface area contributed by atoms with Crippen LogP contribution in [-0.4, -0.2) is 51.9 Å². The zero-order chi connectivity index (χ0) is 21.2. The molecule has 0 spiro atoms. The number of halogens is 1. The summed E-state index contributed by atoms with van der Waals surface area (Å²) in [6.45, 7) is 7.35. The number of piperazine rings is 1. The molecule has 0 atom stereocenters. The third-order valence-electron chi connectivity index (χ3n) is 5.11. The SMILES string of the molecule is Cc1cc(C)c(S(=O)(=O)NCC(=O)N2CCN(c3ccc(F)cc3)CC2)c(C)c1. The number of anilines is 1. The number of sulfonamides is 1. The van der Waals surface area contributed by atoms with Crippen molar-refractivity contribution in [2.24, 2.45) is 0 Å². The van der Waals surface area contributed by atoms with Crippen LogP contribution < -0.4 is 9.62 Å². The Bertz CT molecular complexity index is 975. The second-order valence-corrected chi connectivity index (χ2v) is 9.10. The van der Waals surface area contributed by atoms with E-state index in [0.717, 1.165) is 11.3 Å². The summed E-state index contributed by atoms with van der Waals surface area (Å²) in [5.41, 5.74) is 3.23. The summed E-state index contributed by atoms with van der Waals surface area (Å²) in [7, 11) is -3.77. The maximum atomic E-state index is 13.1. The normalized spacial score (nSPS) is 14.9. The van der Waals surface area contributed by atoms with Crippen LogP contribution in [0.1, 0.15) is 16.7 Å². The highest BCUT2D eigenvalue weighted by Gasteiger charge is 2.25. The fraction of sp³-hybridized carbons (Fsp3) is 0.381. The first kappa shape index (κ1) is 21.3. The molecule has 1 N–H and O–H groups in total. The van der Waals surface area contributed by atoms with E-state index in [9.17, 15) is 17.6 Å². The van der Waals surface area contributed by atoms with E-state index in [2.05, 4.69) is 9.62 Å². The molecule has 0 saturated carbocycles. The van der Waals surface area contributed by atoms with Gasteiger partial charge in [0.1, 0.15) is 5.82 Å². The second kappa shape index (κ2) is 8.51. The van der Waals surface area contributed by atoms with E-state index >= 15 is 0 Å². The van der Waals surface area contributed by atoms with Gasteiger partial charge in [-0.1, -0.05) is 17.7 Å². The van der Waals surface area contributed by atoms with Gasteiger partial charge < -0.3 is 9.80 Å². The van der Waals surface area contributed by atoms with E-state index in [1.807, 2.05) is 19.1 Å². The van der Waals surface area contributed by atoms with Crippen LogP contribution in [0.5, 0.6) is 0 Å². The Morgan fingerprint density at radius 3 is 2.10 bits per heavy atom. The van der Waals surface area contributed by atoms with Crippen molar-refractivity contribution in [2.45, 2.75) is 25.7 Å². The molecule has 1 fully saturated rings. The summed E-state index contributed by atoms with van der Waals surface area (Å²) >= 11 is 0. The van der Waals surface area contributed by atoms with Crippen molar-refractivity contribution >= 4 is 21.6 Å². The number of aryl methyl sites for hydroxylation is 3. The van der Waals surface area contributed by atoms with Crippen molar-refractivity contribution in [3.05, 3.63) is 58.9 Å². The molecular formula is C21H26FN3O3S. The highest BCUT2D eigenvalue weighted by Crippen LogP contribution is 2.21. The van der Waals surface area contributed by atoms with Crippen molar-refractivity contribution in [1.82, 2.24) is 9.62 Å². The van der Waals surface area contributed by atoms with Gasteiger partial charge >= 0.3 is 0 Å². The van der Waals surface area contributed by atoms with Gasteiger partial charge in [-0.05, 0) is 56.2 Å². The lowest BCUT2D eigenvalue weighted by Gasteiger charge is -2.36. The van der Waals surface area contributed by atoms with Crippen molar-refractivity contribution in [2.75, 3.05) is 37.6 Å². The molecule has 0 aliphatic carbocycles. The van der Waals surface area contributed by atoms with Gasteiger partial charge in [0.15, 0.2) is 0 Å². The number of nitrogens with zero attached hydrogens (tertiary/aromatic N) is 2. The number of nitrogens with one attached hydrogen (secondary N) is 1. The minimum Gasteiger partial charge on any atom is -0.368 e. The maximum Gasteiger partial charge on any atom is 0.241 e. The van der Waals surface area contributed by atoms with Gasteiger partial charge in [0, 0.05) is 31.9 Å². The van der Waals surface area contributed by atoms with Crippen molar-refractivity contribution in [3.8, 4) is 0 Å². The molecule has 0 radical (unpaired) electrons. The van der Waals surface area contributed by atoms with Crippen LogP contribution >= 0.6 is 0 Å². The third-order valence-corrected chi connectivity index (χ3v) is 6.82. The lowest BCUT2D eigenvalue weighted by atomic mass is 10.1. The standard InChI is InChI=1S/C21H26FN3O3S/c1-15-12-16(2)21(17(3)13-15)29(27,28)23-14-20(26)25-10-8-24(9-11-25)19-6-4-18(22)5-7-19/h4-7,12-13,23H,8-11,14H2,1-3H3. The predicted molar refractivity (Wildman–Crippen MR) is 111 cm³/mol. The third kappa shape index (κ3) is 4.94. The molecule has 1 amide bonds. The Labute approximate surface area is 171 Å². The number of amides is 1. The molecule has 1 saturated heterocycles. The minimum absolute atomic E-state index is 0.233. The fourth-order valence-corrected chi connectivity index (χ4v) is 5.22. The van der Waals surface area contributed by atoms with Gasteiger partial charge in [0.05, 0.1) is 11.4 Å². The molecule has 0 unspecified atom stereocenters. The Morgan fingerprint density at radius 2 is 1.55 bits per heavy atom. The molecule has 0 aromatic heterocycles. The summed E-state index contributed by atoms with van der Waals surface area (Å²) in [5.74, 6) is -0.538. The van der Waals surface area contributed by atoms with Crippen LogP contribution in [0.2, 0.25) is 0 Å². The van der Waals surface area contributed by atoms with E-state index in [-0.39, 0.29) is 23.2 Å². The summed E-state index contributed by atoms with van der Waals surface area (Å²) in [4.78, 5) is 16.5. The van der Waals surface area contributed by atoms with Gasteiger partial charge in [-0.25, -0.2) is 17.5 Å². The van der Waals surface area contributed by atoms with Gasteiger partial charge in [0.2, 0.25) is 15.9 Å². The Kier molecular flexibility index (Phi) is 6.24. The van der Waals surface area contributed by atoms with E-state index in [4.69, 9.17) is 0 Å². The monoisotopic (exact) mass is 419 g/mol. The molecule has 0 bridgehead atoms. The molecule has 8 heteroatoms. The summed E-state index contributed by atoms with van der Waals surface area (Å²) < 4.78 is 40.9. The molecule has 1 heterocycles. The lowest BCUT2D eigenvalue weighted by molar-refractivity contribution is -0.130. The quantitative estimate of drug-likeness (QED) is 0.808. The average Bonchev–Trinajstić information content (AvgIpc) is 2.66. The van der Waals surface area contributed by atoms with Gasteiger partial charge in [-0.2, -0.15) is 0 Å². The second-order valence-electron chi connectivity index (χ2n) is 7.40. The Hall–Kier alpha value is -2.45. The van der Waals surface area contributed by atoms with E-state index in [1.54, 1.807) is 30.9 Å². The van der Waals surface area contributed by atoms with Gasteiger partial charge in [0.25, 0.3) is 0 Å². The molecule has 1 aliphatic rings. The molecule has 156 valence electrons. The molecule has 2 aromatic rings. The zero-order valence-corrected chi connectivity index (χ0v) is 17.7. The highest BCUT2D eigenvalue weighted by molar-refractivity contribution is 7.89. The van der Waals surface area contributed by atoms with E-state index < -0.39 is 10.0 Å². The van der Waals surface area contributed by atoms with E-state index in [0.29, 0.717) is 37.3 Å². The predicted octanol–water partition coefficient (Wildman–Crippen LogP) is 2.38. The van der Waals surface area contributed by atoms with Crippen molar-refractivity contribution in [3.63, 3.8) is 0 Å². The summed E-state index contributed by atoms with van der Waals surface area (Å²) in [5, 5.41) is 0. The van der Waals surface area contributed by atoms with Crippen LogP contribution in [0.25, 0.3) is 0 Å². The highest BCUT2D eigenvalue weighted by atomic mass is 32.2. The zero-order valence-electron chi connectivity index (χ0n) is 16.9. The van der Waals surface area contributed by atoms with Crippen LogP contribution in [-0.2, 0) is 14.8 Å². The average molecular weight is 420 g/mol. The summed E-state index contributed by atoms with van der Waals surface area (Å²) in [6.07, 6.45) is 0. The Balaban J connectivity index is 1.58. The number of rotatable bonds is 5. The smallest absolute Gasteiger partial charge is 0.241 e. The number of carbonyl (C=O) groups is 1. The van der Waals surface area contributed by atoms with Crippen LogP contribution in [0.15, 0.2) is 41.3 Å². The first-order chi connectivity index (χ1) is 13.7. The first-order valence-corrected chi connectivity index (χ1v) is 11.0. The minimum atomic E-state index is -3.77. The Morgan fingerprint density at radius 1 is 1.00 bits per heavy atom. The topological polar surface area (TPSA) is 69.7 Å². The lowest BCUT2D eigenvalue weighted by Crippen LogP contribution is -2.51. The van der Waals surface area contributed by atoms with Gasteiger partial charge in [-0.15, -0.1) is 0 Å². The van der Waals surface area contributed by atoms with E-state index in [1.165, 1.54) is 12.1 Å². The molecule has 6 nitrogen and oxygen atoms in total. The largest absolute Gasteiger partial charge is 0.368 e. The maximum absolute atomic E-state index is 13.1. The molecular weight excluding hydrogens is 393 g/mol. The summed E-state index contributed by atoms with van der Waals surface area (Å²) in [6, 6.07) is 9.89. The van der Waals surface area contributed by atoms with Crippen LogP contribution in [0, 0.1) is 26.6 Å². The number of hydrogen-bond donors (Lipinski definition) is 1. The molecule has 2 aromatic carbocycles. The van der Waals surface area contributed by atoms with Crippen LogP contribution in [0.3, 0.4) is 0 Å². The molecule has 1 aliphatic heterocycles. The number of carbonyl (C=O) groups excluding carboxylic acids is 1. The van der Waals surface area contributed by atoms with Crippen LogP contribution in [0.4, 0.5) is 10.1 Å². The van der Waals surface area contributed by atoms with Crippen molar-refractivity contribution < 1.29 is 17.6 Å². The molecule has 3 rings (SSSR count). The van der Waals surface area contributed by atoms with Gasteiger partial charge in [-0.3, -0.25) is 4.79 Å². The fourth-order valence-electron chi connectivity index (χ4n) is 3.80. The number of hydrogen-bond acceptors (Lipinski definition) is 4. The number of benzene rings is 2.